The number of fused-ring (bicyclic) bond motifs is 1. The SMILES string of the molecule is CC(=O)c1ccc(C(=O)N(CCCN2CCOCC2)c2nc3c(C)cc(C)cc3s2)cc1. The van der Waals surface area contributed by atoms with E-state index in [4.69, 9.17) is 9.72 Å². The minimum atomic E-state index is -0.0875. The summed E-state index contributed by atoms with van der Waals surface area (Å²) in [6.45, 7) is 10.6. The topological polar surface area (TPSA) is 62.7 Å². The largest absolute Gasteiger partial charge is 0.379 e. The number of morpholine rings is 1. The van der Waals surface area contributed by atoms with Crippen LogP contribution < -0.4 is 4.90 Å². The van der Waals surface area contributed by atoms with E-state index in [1.54, 1.807) is 40.5 Å². The molecule has 4 rings (SSSR count). The third-order valence-corrected chi connectivity index (χ3v) is 6.82. The molecule has 2 aromatic carbocycles. The molecule has 0 bridgehead atoms. The average molecular weight is 452 g/mol. The summed E-state index contributed by atoms with van der Waals surface area (Å²) in [5.41, 5.74) is 4.43. The first-order valence-corrected chi connectivity index (χ1v) is 11.8. The van der Waals surface area contributed by atoms with Gasteiger partial charge in [0, 0.05) is 37.3 Å². The second-order valence-corrected chi connectivity index (χ2v) is 9.33. The lowest BCUT2D eigenvalue weighted by Crippen LogP contribution is -2.39. The molecular weight excluding hydrogens is 422 g/mol. The Bertz CT molecular complexity index is 1120. The van der Waals surface area contributed by atoms with E-state index in [1.165, 1.54) is 12.5 Å². The summed E-state index contributed by atoms with van der Waals surface area (Å²) in [5, 5.41) is 0.719. The van der Waals surface area contributed by atoms with Crippen LogP contribution in [0.4, 0.5) is 5.13 Å². The van der Waals surface area contributed by atoms with Gasteiger partial charge in [-0.15, -0.1) is 0 Å². The Morgan fingerprint density at radius 3 is 2.47 bits per heavy atom. The van der Waals surface area contributed by atoms with Gasteiger partial charge < -0.3 is 4.74 Å². The van der Waals surface area contributed by atoms with Crippen molar-refractivity contribution >= 4 is 38.4 Å². The Labute approximate surface area is 192 Å². The fourth-order valence-corrected chi connectivity index (χ4v) is 5.21. The number of thiazole rings is 1. The number of nitrogens with zero attached hydrogens (tertiary/aromatic N) is 3. The van der Waals surface area contributed by atoms with Crippen LogP contribution in [0.1, 0.15) is 45.2 Å². The van der Waals surface area contributed by atoms with Gasteiger partial charge in [-0.3, -0.25) is 19.4 Å². The van der Waals surface area contributed by atoms with Crippen LogP contribution in [0.2, 0.25) is 0 Å². The highest BCUT2D eigenvalue weighted by Gasteiger charge is 2.22. The van der Waals surface area contributed by atoms with Crippen molar-refractivity contribution in [3.63, 3.8) is 0 Å². The normalized spacial score (nSPS) is 14.6. The lowest BCUT2D eigenvalue weighted by Gasteiger charge is -2.27. The number of anilines is 1. The molecule has 7 heteroatoms. The van der Waals surface area contributed by atoms with Crippen LogP contribution in [0, 0.1) is 13.8 Å². The standard InChI is InChI=1S/C25H29N3O3S/c1-17-15-18(2)23-22(16-17)32-25(26-23)28(10-4-9-27-11-13-31-14-12-27)24(30)21-7-5-20(6-8-21)19(3)29/h5-8,15-16H,4,9-14H2,1-3H3. The fraction of sp³-hybridized carbons (Fsp3) is 0.400. The lowest BCUT2D eigenvalue weighted by atomic mass is 10.1. The van der Waals surface area contributed by atoms with Gasteiger partial charge in [0.2, 0.25) is 0 Å². The number of rotatable bonds is 7. The molecule has 168 valence electrons. The van der Waals surface area contributed by atoms with Crippen LogP contribution in [-0.2, 0) is 4.74 Å². The van der Waals surface area contributed by atoms with Crippen LogP contribution >= 0.6 is 11.3 Å². The van der Waals surface area contributed by atoms with E-state index in [1.807, 2.05) is 0 Å². The number of carbonyl (C=O) groups is 2. The molecule has 1 amide bonds. The summed E-state index contributed by atoms with van der Waals surface area (Å²) in [7, 11) is 0. The summed E-state index contributed by atoms with van der Waals surface area (Å²) in [6, 6.07) is 11.1. The molecule has 0 radical (unpaired) electrons. The molecule has 2 heterocycles. The Morgan fingerprint density at radius 1 is 1.09 bits per heavy atom. The number of hydrogen-bond donors (Lipinski definition) is 0. The highest BCUT2D eigenvalue weighted by atomic mass is 32.1. The number of amides is 1. The summed E-state index contributed by atoms with van der Waals surface area (Å²) in [4.78, 5) is 34.1. The molecule has 3 aromatic rings. The van der Waals surface area contributed by atoms with Crippen molar-refractivity contribution in [2.75, 3.05) is 44.3 Å². The van der Waals surface area contributed by atoms with Gasteiger partial charge in [0.05, 0.1) is 23.4 Å². The molecule has 1 aliphatic heterocycles. The zero-order valence-corrected chi connectivity index (χ0v) is 19.7. The molecule has 1 aromatic heterocycles. The predicted octanol–water partition coefficient (Wildman–Crippen LogP) is 4.48. The molecular formula is C25H29N3O3S. The second-order valence-electron chi connectivity index (χ2n) is 8.32. The summed E-state index contributed by atoms with van der Waals surface area (Å²) in [6.07, 6.45) is 0.852. The fourth-order valence-electron chi connectivity index (χ4n) is 4.04. The maximum absolute atomic E-state index is 13.5. The van der Waals surface area contributed by atoms with Gasteiger partial charge in [-0.25, -0.2) is 4.98 Å². The van der Waals surface area contributed by atoms with Crippen molar-refractivity contribution in [3.05, 3.63) is 58.7 Å². The molecule has 0 unspecified atom stereocenters. The van der Waals surface area contributed by atoms with E-state index >= 15 is 0 Å². The van der Waals surface area contributed by atoms with Crippen molar-refractivity contribution in [1.29, 1.82) is 0 Å². The van der Waals surface area contributed by atoms with Gasteiger partial charge in [-0.2, -0.15) is 0 Å². The minimum Gasteiger partial charge on any atom is -0.379 e. The van der Waals surface area contributed by atoms with Crippen LogP contribution in [0.15, 0.2) is 36.4 Å². The number of ketones is 1. The van der Waals surface area contributed by atoms with Gasteiger partial charge >= 0.3 is 0 Å². The Morgan fingerprint density at radius 2 is 1.78 bits per heavy atom. The van der Waals surface area contributed by atoms with E-state index in [9.17, 15) is 9.59 Å². The summed E-state index contributed by atoms with van der Waals surface area (Å²) >= 11 is 1.56. The van der Waals surface area contributed by atoms with E-state index < -0.39 is 0 Å². The van der Waals surface area contributed by atoms with Crippen molar-refractivity contribution in [2.45, 2.75) is 27.2 Å². The highest BCUT2D eigenvalue weighted by molar-refractivity contribution is 7.22. The number of benzene rings is 2. The van der Waals surface area contributed by atoms with Crippen molar-refractivity contribution < 1.29 is 14.3 Å². The maximum Gasteiger partial charge on any atom is 0.260 e. The third kappa shape index (κ3) is 5.06. The zero-order chi connectivity index (χ0) is 22.7. The van der Waals surface area contributed by atoms with Gasteiger partial charge in [0.1, 0.15) is 0 Å². The number of ether oxygens (including phenoxy) is 1. The molecule has 32 heavy (non-hydrogen) atoms. The highest BCUT2D eigenvalue weighted by Crippen LogP contribution is 2.32. The number of aryl methyl sites for hydroxylation is 2. The maximum atomic E-state index is 13.5. The average Bonchev–Trinajstić information content (AvgIpc) is 3.21. The second kappa shape index (κ2) is 9.90. The molecule has 0 N–H and O–H groups in total. The molecule has 1 fully saturated rings. The Hall–Kier alpha value is -2.61. The van der Waals surface area contributed by atoms with Gasteiger partial charge in [0.25, 0.3) is 5.91 Å². The van der Waals surface area contributed by atoms with Gasteiger partial charge in [0.15, 0.2) is 10.9 Å². The molecule has 0 spiro atoms. The Balaban J connectivity index is 1.60. The van der Waals surface area contributed by atoms with Gasteiger partial charge in [-0.1, -0.05) is 29.5 Å². The van der Waals surface area contributed by atoms with E-state index in [0.717, 1.165) is 60.2 Å². The van der Waals surface area contributed by atoms with Crippen molar-refractivity contribution in [2.24, 2.45) is 0 Å². The smallest absolute Gasteiger partial charge is 0.260 e. The number of aromatic nitrogens is 1. The summed E-state index contributed by atoms with van der Waals surface area (Å²) < 4.78 is 6.53. The molecule has 0 saturated carbocycles. The van der Waals surface area contributed by atoms with E-state index in [0.29, 0.717) is 17.7 Å². The van der Waals surface area contributed by atoms with Crippen LogP contribution in [0.25, 0.3) is 10.2 Å². The number of hydrogen-bond acceptors (Lipinski definition) is 6. The van der Waals surface area contributed by atoms with Crippen LogP contribution in [0.5, 0.6) is 0 Å². The van der Waals surface area contributed by atoms with Crippen LogP contribution in [0.3, 0.4) is 0 Å². The predicted molar refractivity (Wildman–Crippen MR) is 129 cm³/mol. The minimum absolute atomic E-state index is 0.0108. The summed E-state index contributed by atoms with van der Waals surface area (Å²) in [5.74, 6) is -0.0982. The van der Waals surface area contributed by atoms with E-state index in [2.05, 4.69) is 30.9 Å². The molecule has 6 nitrogen and oxygen atoms in total. The first-order valence-electron chi connectivity index (χ1n) is 11.0. The Kier molecular flexibility index (Phi) is 6.98. The van der Waals surface area contributed by atoms with Crippen molar-refractivity contribution in [3.8, 4) is 0 Å². The molecule has 1 aliphatic rings. The van der Waals surface area contributed by atoms with Gasteiger partial charge in [-0.05, 0) is 56.5 Å². The number of carbonyl (C=O) groups excluding carboxylic acids is 2. The molecule has 0 aliphatic carbocycles. The van der Waals surface area contributed by atoms with E-state index in [-0.39, 0.29) is 11.7 Å². The third-order valence-electron chi connectivity index (χ3n) is 5.79. The molecule has 1 saturated heterocycles. The lowest BCUT2D eigenvalue weighted by molar-refractivity contribution is 0.0376. The quantitative estimate of drug-likeness (QED) is 0.496. The molecule has 0 atom stereocenters. The zero-order valence-electron chi connectivity index (χ0n) is 18.9. The monoisotopic (exact) mass is 451 g/mol. The van der Waals surface area contributed by atoms with Crippen LogP contribution in [-0.4, -0.2) is 61.0 Å². The number of Topliss-reactive ketones (excluding diaryl/α,β-unsaturated/α-hetero) is 1. The first-order chi connectivity index (χ1) is 15.4. The van der Waals surface area contributed by atoms with Crippen molar-refractivity contribution in [1.82, 2.24) is 9.88 Å². The first kappa shape index (κ1) is 22.6.